The first-order valence-corrected chi connectivity index (χ1v) is 10.8. The Morgan fingerprint density at radius 2 is 1.79 bits per heavy atom. The maximum absolute atomic E-state index is 12.5. The van der Waals surface area contributed by atoms with Gasteiger partial charge >= 0.3 is 0 Å². The zero-order chi connectivity index (χ0) is 23.5. The summed E-state index contributed by atoms with van der Waals surface area (Å²) in [5, 5.41) is 18.9. The van der Waals surface area contributed by atoms with E-state index in [2.05, 4.69) is 30.9 Å². The van der Waals surface area contributed by atoms with Crippen LogP contribution in [0.4, 0.5) is 17.1 Å². The molecule has 5 rings (SSSR count). The molecule has 5 aromatic rings. The normalized spacial score (nSPS) is 11.2. The van der Waals surface area contributed by atoms with E-state index in [0.29, 0.717) is 11.4 Å². The van der Waals surface area contributed by atoms with Crippen molar-refractivity contribution in [3.05, 3.63) is 95.7 Å². The zero-order valence-corrected chi connectivity index (χ0v) is 18.8. The lowest BCUT2D eigenvalue weighted by Crippen LogP contribution is -2.16. The second-order valence-electron chi connectivity index (χ2n) is 7.91. The molecule has 0 fully saturated rings. The standard InChI is InChI=1S/C26H23N7O/c1-17-5-3-6-18(28-17)10-12-23-22-11-9-21(16-24(22)32-31-23)29-19-7-4-8-20(15-19)30-26(34)25-13-14-27-33(25)2/h3-16,29H,1-2H3,(H,30,34)(H,31,32)/b12-10+. The minimum atomic E-state index is -0.211. The van der Waals surface area contributed by atoms with Crippen LogP contribution in [0.15, 0.2) is 72.9 Å². The van der Waals surface area contributed by atoms with Crippen LogP contribution >= 0.6 is 0 Å². The topological polar surface area (TPSA) is 101 Å². The highest BCUT2D eigenvalue weighted by atomic mass is 16.2. The van der Waals surface area contributed by atoms with Crippen molar-refractivity contribution >= 4 is 46.0 Å². The Hall–Kier alpha value is -4.72. The average molecular weight is 450 g/mol. The van der Waals surface area contributed by atoms with Crippen LogP contribution in [0.2, 0.25) is 0 Å². The highest BCUT2D eigenvalue weighted by Gasteiger charge is 2.10. The predicted molar refractivity (Wildman–Crippen MR) is 135 cm³/mol. The van der Waals surface area contributed by atoms with Gasteiger partial charge in [0, 0.05) is 41.4 Å². The van der Waals surface area contributed by atoms with Crippen molar-refractivity contribution in [2.45, 2.75) is 6.92 Å². The number of anilines is 3. The van der Waals surface area contributed by atoms with Gasteiger partial charge in [0.25, 0.3) is 5.91 Å². The largest absolute Gasteiger partial charge is 0.355 e. The number of carbonyl (C=O) groups is 1. The number of amides is 1. The van der Waals surface area contributed by atoms with Crippen LogP contribution in [0.3, 0.4) is 0 Å². The summed E-state index contributed by atoms with van der Waals surface area (Å²) in [4.78, 5) is 17.0. The van der Waals surface area contributed by atoms with Crippen molar-refractivity contribution in [3.8, 4) is 0 Å². The number of carbonyl (C=O) groups excluding carboxylic acids is 1. The van der Waals surface area contributed by atoms with E-state index in [4.69, 9.17) is 0 Å². The van der Waals surface area contributed by atoms with Crippen molar-refractivity contribution in [2.24, 2.45) is 7.05 Å². The van der Waals surface area contributed by atoms with Crippen LogP contribution in [0.1, 0.15) is 27.6 Å². The monoisotopic (exact) mass is 449 g/mol. The van der Waals surface area contributed by atoms with Gasteiger partial charge in [-0.15, -0.1) is 0 Å². The van der Waals surface area contributed by atoms with Gasteiger partial charge in [0.15, 0.2) is 0 Å². The van der Waals surface area contributed by atoms with Crippen molar-refractivity contribution in [2.75, 3.05) is 10.6 Å². The number of hydrogen-bond donors (Lipinski definition) is 3. The van der Waals surface area contributed by atoms with Crippen LogP contribution in [0.25, 0.3) is 23.1 Å². The molecule has 0 saturated heterocycles. The molecule has 0 spiro atoms. The number of nitrogens with one attached hydrogen (secondary N) is 3. The number of rotatable bonds is 6. The molecule has 2 aromatic carbocycles. The Labute approximate surface area is 196 Å². The summed E-state index contributed by atoms with van der Waals surface area (Å²) in [6, 6.07) is 21.2. The molecule has 1 amide bonds. The fourth-order valence-electron chi connectivity index (χ4n) is 3.70. The van der Waals surface area contributed by atoms with Gasteiger partial charge in [0.2, 0.25) is 0 Å². The van der Waals surface area contributed by atoms with E-state index >= 15 is 0 Å². The highest BCUT2D eigenvalue weighted by Crippen LogP contribution is 2.25. The van der Waals surface area contributed by atoms with Gasteiger partial charge in [-0.1, -0.05) is 12.1 Å². The lowest BCUT2D eigenvalue weighted by Gasteiger charge is -2.10. The van der Waals surface area contributed by atoms with Gasteiger partial charge in [0.05, 0.1) is 16.9 Å². The lowest BCUT2D eigenvalue weighted by molar-refractivity contribution is 0.101. The number of benzene rings is 2. The second-order valence-corrected chi connectivity index (χ2v) is 7.91. The van der Waals surface area contributed by atoms with Crippen molar-refractivity contribution < 1.29 is 4.79 Å². The summed E-state index contributed by atoms with van der Waals surface area (Å²) in [5.41, 5.74) is 6.58. The van der Waals surface area contributed by atoms with Crippen LogP contribution in [0.5, 0.6) is 0 Å². The second kappa shape index (κ2) is 9.03. The van der Waals surface area contributed by atoms with Crippen molar-refractivity contribution in [1.82, 2.24) is 25.0 Å². The van der Waals surface area contributed by atoms with Gasteiger partial charge in [0.1, 0.15) is 5.69 Å². The summed E-state index contributed by atoms with van der Waals surface area (Å²) >= 11 is 0. The van der Waals surface area contributed by atoms with Gasteiger partial charge < -0.3 is 10.6 Å². The Bertz CT molecular complexity index is 1510. The fourth-order valence-corrected chi connectivity index (χ4v) is 3.70. The molecule has 168 valence electrons. The first kappa shape index (κ1) is 21.1. The van der Waals surface area contributed by atoms with Gasteiger partial charge in [-0.05, 0) is 73.7 Å². The molecule has 34 heavy (non-hydrogen) atoms. The zero-order valence-electron chi connectivity index (χ0n) is 18.8. The molecule has 3 N–H and O–H groups in total. The molecule has 0 radical (unpaired) electrons. The quantitative estimate of drug-likeness (QED) is 0.332. The summed E-state index contributed by atoms with van der Waals surface area (Å²) in [6.07, 6.45) is 5.52. The van der Waals surface area contributed by atoms with Gasteiger partial charge in [-0.3, -0.25) is 19.6 Å². The number of nitrogens with zero attached hydrogens (tertiary/aromatic N) is 4. The SMILES string of the molecule is Cc1cccc(/C=C/c2n[nH]c3cc(Nc4cccc(NC(=O)c5ccnn5C)c4)ccc23)n1. The third-order valence-electron chi connectivity index (χ3n) is 5.38. The maximum atomic E-state index is 12.5. The molecule has 3 aromatic heterocycles. The summed E-state index contributed by atoms with van der Waals surface area (Å²) in [6.45, 7) is 1.97. The first-order chi connectivity index (χ1) is 16.5. The summed E-state index contributed by atoms with van der Waals surface area (Å²) in [7, 11) is 1.74. The van der Waals surface area contributed by atoms with Crippen LogP contribution in [-0.4, -0.2) is 30.9 Å². The lowest BCUT2D eigenvalue weighted by atomic mass is 10.1. The van der Waals surface area contributed by atoms with Crippen LogP contribution in [0, 0.1) is 6.92 Å². The van der Waals surface area contributed by atoms with Crippen molar-refractivity contribution in [1.29, 1.82) is 0 Å². The number of aromatic amines is 1. The molecule has 0 saturated carbocycles. The molecule has 0 bridgehead atoms. The molecule has 3 heterocycles. The molecular formula is C26H23N7O. The van der Waals surface area contributed by atoms with E-state index in [1.54, 1.807) is 19.3 Å². The average Bonchev–Trinajstić information content (AvgIpc) is 3.43. The van der Waals surface area contributed by atoms with Gasteiger partial charge in [-0.2, -0.15) is 10.2 Å². The molecule has 8 nitrogen and oxygen atoms in total. The van der Waals surface area contributed by atoms with E-state index in [1.807, 2.05) is 79.7 Å². The molecular weight excluding hydrogens is 426 g/mol. The molecule has 0 aliphatic heterocycles. The van der Waals surface area contributed by atoms with E-state index < -0.39 is 0 Å². The number of aryl methyl sites for hydroxylation is 2. The predicted octanol–water partition coefficient (Wildman–Crippen LogP) is 5.17. The van der Waals surface area contributed by atoms with Crippen LogP contribution < -0.4 is 10.6 Å². The van der Waals surface area contributed by atoms with E-state index in [9.17, 15) is 4.79 Å². The minimum Gasteiger partial charge on any atom is -0.355 e. The number of hydrogen-bond acceptors (Lipinski definition) is 5. The molecule has 0 aliphatic carbocycles. The van der Waals surface area contributed by atoms with Gasteiger partial charge in [-0.25, -0.2) is 0 Å². The Morgan fingerprint density at radius 1 is 0.971 bits per heavy atom. The third-order valence-corrected chi connectivity index (χ3v) is 5.38. The first-order valence-electron chi connectivity index (χ1n) is 10.8. The maximum Gasteiger partial charge on any atom is 0.273 e. The molecule has 8 heteroatoms. The minimum absolute atomic E-state index is 0.211. The van der Waals surface area contributed by atoms with E-state index in [0.717, 1.165) is 39.4 Å². The third kappa shape index (κ3) is 4.56. The highest BCUT2D eigenvalue weighted by molar-refractivity contribution is 6.03. The van der Waals surface area contributed by atoms with E-state index in [1.165, 1.54) is 4.68 Å². The number of H-pyrrole nitrogens is 1. The number of fused-ring (bicyclic) bond motifs is 1. The Kier molecular flexibility index (Phi) is 5.61. The molecule has 0 aliphatic rings. The molecule has 0 unspecified atom stereocenters. The van der Waals surface area contributed by atoms with Crippen LogP contribution in [-0.2, 0) is 7.05 Å². The Balaban J connectivity index is 1.31. The van der Waals surface area contributed by atoms with Crippen molar-refractivity contribution in [3.63, 3.8) is 0 Å². The number of aromatic nitrogens is 5. The van der Waals surface area contributed by atoms with E-state index in [-0.39, 0.29) is 5.91 Å². The summed E-state index contributed by atoms with van der Waals surface area (Å²) in [5.74, 6) is -0.211. The smallest absolute Gasteiger partial charge is 0.273 e. The Morgan fingerprint density at radius 3 is 2.62 bits per heavy atom. The summed E-state index contributed by atoms with van der Waals surface area (Å²) < 4.78 is 1.54. The fraction of sp³-hybridized carbons (Fsp3) is 0.0769. The number of pyridine rings is 1. The molecule has 0 atom stereocenters.